The van der Waals surface area contributed by atoms with Gasteiger partial charge in [-0.2, -0.15) is 0 Å². The lowest BCUT2D eigenvalue weighted by molar-refractivity contribution is 0.0528. The van der Waals surface area contributed by atoms with Gasteiger partial charge in [0.05, 0.1) is 25.5 Å². The fourth-order valence-corrected chi connectivity index (χ4v) is 2.62. The van der Waals surface area contributed by atoms with Crippen LogP contribution in [0.25, 0.3) is 0 Å². The molecule has 0 aliphatic carbocycles. The molecule has 0 aliphatic heterocycles. The van der Waals surface area contributed by atoms with Crippen LogP contribution in [0, 0.1) is 0 Å². The van der Waals surface area contributed by atoms with Crippen molar-refractivity contribution in [3.63, 3.8) is 0 Å². The quantitative estimate of drug-likeness (QED) is 0.556. The summed E-state index contributed by atoms with van der Waals surface area (Å²) in [7, 11) is 1.57. The van der Waals surface area contributed by atoms with E-state index in [1.807, 2.05) is 0 Å². The Balaban J connectivity index is 3.10. The Hall–Kier alpha value is -1.80. The van der Waals surface area contributed by atoms with Crippen LogP contribution in [0.3, 0.4) is 0 Å². The van der Waals surface area contributed by atoms with Crippen LogP contribution in [0.15, 0.2) is 0 Å². The summed E-state index contributed by atoms with van der Waals surface area (Å²) in [6.45, 7) is 4.79. The molecule has 0 amide bonds. The second-order valence-corrected chi connectivity index (χ2v) is 4.93. The second-order valence-electron chi connectivity index (χ2n) is 3.91. The SMILES string of the molecule is CCOC(=O)c1sc(NCCOC)c(C(=O)OCC)c1N. The lowest BCUT2D eigenvalue weighted by Crippen LogP contribution is -2.13. The summed E-state index contributed by atoms with van der Waals surface area (Å²) in [5, 5.41) is 3.49. The average molecular weight is 316 g/mol. The molecule has 3 N–H and O–H groups in total. The topological polar surface area (TPSA) is 99.9 Å². The predicted molar refractivity (Wildman–Crippen MR) is 81.0 cm³/mol. The molecular formula is C13H20N2O5S. The highest BCUT2D eigenvalue weighted by atomic mass is 32.1. The van der Waals surface area contributed by atoms with Crippen molar-refractivity contribution in [2.24, 2.45) is 0 Å². The van der Waals surface area contributed by atoms with E-state index in [1.165, 1.54) is 0 Å². The van der Waals surface area contributed by atoms with Crippen LogP contribution in [0.2, 0.25) is 0 Å². The molecule has 0 unspecified atom stereocenters. The third-order valence-corrected chi connectivity index (χ3v) is 3.62. The number of nitrogens with one attached hydrogen (secondary N) is 1. The molecule has 0 bridgehead atoms. The lowest BCUT2D eigenvalue weighted by atomic mass is 10.2. The van der Waals surface area contributed by atoms with Gasteiger partial charge in [-0.3, -0.25) is 0 Å². The molecule has 0 saturated heterocycles. The minimum absolute atomic E-state index is 0.0804. The van der Waals surface area contributed by atoms with Crippen LogP contribution in [0.5, 0.6) is 0 Å². The fourth-order valence-electron chi connectivity index (χ4n) is 1.59. The van der Waals surface area contributed by atoms with Gasteiger partial charge >= 0.3 is 11.9 Å². The van der Waals surface area contributed by atoms with Crippen molar-refractivity contribution in [2.45, 2.75) is 13.8 Å². The maximum absolute atomic E-state index is 12.0. The number of carbonyl (C=O) groups is 2. The van der Waals surface area contributed by atoms with Gasteiger partial charge in [-0.05, 0) is 13.8 Å². The van der Waals surface area contributed by atoms with Crippen molar-refractivity contribution in [1.29, 1.82) is 0 Å². The van der Waals surface area contributed by atoms with Crippen molar-refractivity contribution < 1.29 is 23.8 Å². The Bertz CT molecular complexity index is 501. The highest BCUT2D eigenvalue weighted by Crippen LogP contribution is 2.36. The molecule has 21 heavy (non-hydrogen) atoms. The molecule has 1 aromatic heterocycles. The highest BCUT2D eigenvalue weighted by Gasteiger charge is 2.27. The average Bonchev–Trinajstić information content (AvgIpc) is 2.77. The first-order valence-corrected chi connectivity index (χ1v) is 7.37. The number of nitrogen functional groups attached to an aromatic ring is 1. The first-order chi connectivity index (χ1) is 10.1. The number of nitrogens with two attached hydrogens (primary N) is 1. The Labute approximate surface area is 127 Å². The van der Waals surface area contributed by atoms with Gasteiger partial charge < -0.3 is 25.3 Å². The number of hydrogen-bond donors (Lipinski definition) is 2. The zero-order chi connectivity index (χ0) is 15.8. The van der Waals surface area contributed by atoms with E-state index in [-0.39, 0.29) is 29.3 Å². The Kier molecular flexibility index (Phi) is 6.97. The third kappa shape index (κ3) is 4.33. The summed E-state index contributed by atoms with van der Waals surface area (Å²) >= 11 is 1.07. The van der Waals surface area contributed by atoms with Crippen molar-refractivity contribution in [2.75, 3.05) is 44.5 Å². The number of hydrogen-bond acceptors (Lipinski definition) is 8. The third-order valence-electron chi connectivity index (χ3n) is 2.48. The lowest BCUT2D eigenvalue weighted by Gasteiger charge is -2.07. The van der Waals surface area contributed by atoms with Crippen molar-refractivity contribution in [3.05, 3.63) is 10.4 Å². The van der Waals surface area contributed by atoms with Gasteiger partial charge in [0.2, 0.25) is 0 Å². The molecule has 1 aromatic rings. The first-order valence-electron chi connectivity index (χ1n) is 6.56. The molecule has 0 atom stereocenters. The fraction of sp³-hybridized carbons (Fsp3) is 0.538. The van der Waals surface area contributed by atoms with Crippen LogP contribution in [0.1, 0.15) is 33.9 Å². The monoisotopic (exact) mass is 316 g/mol. The highest BCUT2D eigenvalue weighted by molar-refractivity contribution is 7.19. The van der Waals surface area contributed by atoms with Crippen LogP contribution in [0.4, 0.5) is 10.7 Å². The van der Waals surface area contributed by atoms with E-state index in [9.17, 15) is 9.59 Å². The van der Waals surface area contributed by atoms with E-state index in [0.29, 0.717) is 18.2 Å². The summed E-state index contributed by atoms with van der Waals surface area (Å²) in [5.74, 6) is -1.12. The van der Waals surface area contributed by atoms with Gasteiger partial charge in [0.15, 0.2) is 0 Å². The van der Waals surface area contributed by atoms with Gasteiger partial charge in [-0.25, -0.2) is 9.59 Å². The number of esters is 2. The number of thiophene rings is 1. The summed E-state index contributed by atoms with van der Waals surface area (Å²) in [6, 6.07) is 0. The molecule has 0 fully saturated rings. The number of carbonyl (C=O) groups excluding carboxylic acids is 2. The van der Waals surface area contributed by atoms with Crippen LogP contribution in [-0.2, 0) is 14.2 Å². The van der Waals surface area contributed by atoms with E-state index in [0.717, 1.165) is 11.3 Å². The molecule has 7 nitrogen and oxygen atoms in total. The number of rotatable bonds is 8. The minimum Gasteiger partial charge on any atom is -0.462 e. The Morgan fingerprint density at radius 2 is 1.81 bits per heavy atom. The van der Waals surface area contributed by atoms with E-state index in [4.69, 9.17) is 19.9 Å². The smallest absolute Gasteiger partial charge is 0.350 e. The molecule has 1 rings (SSSR count). The zero-order valence-electron chi connectivity index (χ0n) is 12.4. The zero-order valence-corrected chi connectivity index (χ0v) is 13.2. The van der Waals surface area contributed by atoms with Gasteiger partial charge in [0.25, 0.3) is 0 Å². The van der Waals surface area contributed by atoms with E-state index in [2.05, 4.69) is 5.32 Å². The molecule has 118 valence electrons. The summed E-state index contributed by atoms with van der Waals surface area (Å²) in [4.78, 5) is 24.0. The standard InChI is InChI=1S/C13H20N2O5S/c1-4-19-12(16)8-9(14)10(13(17)20-5-2)21-11(8)15-6-7-18-3/h15H,4-7,14H2,1-3H3. The maximum atomic E-state index is 12.0. The summed E-state index contributed by atoms with van der Waals surface area (Å²) in [5.41, 5.74) is 6.16. The molecule has 0 aromatic carbocycles. The van der Waals surface area contributed by atoms with Crippen LogP contribution in [-0.4, -0.2) is 45.4 Å². The van der Waals surface area contributed by atoms with Gasteiger partial charge in [0, 0.05) is 13.7 Å². The Morgan fingerprint density at radius 3 is 2.38 bits per heavy atom. The second kappa shape index (κ2) is 8.48. The van der Waals surface area contributed by atoms with Crippen molar-refractivity contribution >= 4 is 34.0 Å². The summed E-state index contributed by atoms with van der Waals surface area (Å²) < 4.78 is 14.8. The number of anilines is 2. The Morgan fingerprint density at radius 1 is 1.19 bits per heavy atom. The van der Waals surface area contributed by atoms with Crippen molar-refractivity contribution in [1.82, 2.24) is 0 Å². The number of ether oxygens (including phenoxy) is 3. The molecule has 8 heteroatoms. The predicted octanol–water partition coefficient (Wildman–Crippen LogP) is 1.74. The molecule has 1 heterocycles. The largest absolute Gasteiger partial charge is 0.462 e. The summed E-state index contributed by atoms with van der Waals surface area (Å²) in [6.07, 6.45) is 0. The van der Waals surface area contributed by atoms with E-state index in [1.54, 1.807) is 21.0 Å². The molecule has 0 radical (unpaired) electrons. The normalized spacial score (nSPS) is 10.2. The van der Waals surface area contributed by atoms with Gasteiger partial charge in [-0.15, -0.1) is 11.3 Å². The number of methoxy groups -OCH3 is 1. The van der Waals surface area contributed by atoms with Gasteiger partial charge in [0.1, 0.15) is 15.4 Å². The molecule has 0 saturated carbocycles. The molecule has 0 aliphatic rings. The maximum Gasteiger partial charge on any atom is 0.350 e. The van der Waals surface area contributed by atoms with Crippen LogP contribution < -0.4 is 11.1 Å². The molecular weight excluding hydrogens is 296 g/mol. The van der Waals surface area contributed by atoms with E-state index < -0.39 is 11.9 Å². The van der Waals surface area contributed by atoms with Gasteiger partial charge in [-0.1, -0.05) is 0 Å². The van der Waals surface area contributed by atoms with E-state index >= 15 is 0 Å². The minimum atomic E-state index is -0.568. The van der Waals surface area contributed by atoms with Crippen molar-refractivity contribution in [3.8, 4) is 0 Å². The first kappa shape index (κ1) is 17.3. The van der Waals surface area contributed by atoms with Crippen LogP contribution >= 0.6 is 11.3 Å². The molecule has 0 spiro atoms.